The third-order valence-electron chi connectivity index (χ3n) is 6.22. The zero-order valence-corrected chi connectivity index (χ0v) is 15.6. The topological polar surface area (TPSA) is 13.1 Å². The number of rotatable bonds is 1. The molecule has 0 N–H and O–H groups in total. The van der Waals surface area contributed by atoms with E-state index in [1.165, 1.54) is 54.2 Å². The van der Waals surface area contributed by atoms with Gasteiger partial charge in [-0.15, -0.1) is 0 Å². The Labute approximate surface area is 167 Å². The summed E-state index contributed by atoms with van der Waals surface area (Å²) in [4.78, 5) is 0. The number of para-hydroxylation sites is 1. The van der Waals surface area contributed by atoms with Gasteiger partial charge in [-0.2, -0.15) is 0 Å². The highest BCUT2D eigenvalue weighted by Crippen LogP contribution is 2.40. The lowest BCUT2D eigenvalue weighted by Gasteiger charge is -2.14. The van der Waals surface area contributed by atoms with Crippen molar-refractivity contribution in [3.8, 4) is 11.1 Å². The van der Waals surface area contributed by atoms with Crippen molar-refractivity contribution in [2.24, 2.45) is 0 Å². The molecule has 134 valence electrons. The van der Waals surface area contributed by atoms with Crippen molar-refractivity contribution in [2.75, 3.05) is 0 Å². The van der Waals surface area contributed by atoms with E-state index >= 15 is 0 Å². The van der Waals surface area contributed by atoms with Crippen LogP contribution in [0.2, 0.25) is 0 Å². The van der Waals surface area contributed by atoms with Crippen LogP contribution in [0.25, 0.3) is 65.4 Å². The molecule has 1 heterocycles. The van der Waals surface area contributed by atoms with Gasteiger partial charge in [0, 0.05) is 10.8 Å². The maximum atomic E-state index is 6.02. The monoisotopic (exact) mass is 368 g/mol. The fourth-order valence-corrected chi connectivity index (χ4v) is 4.88. The molecule has 29 heavy (non-hydrogen) atoms. The van der Waals surface area contributed by atoms with Crippen molar-refractivity contribution in [1.29, 1.82) is 0 Å². The quantitative estimate of drug-likeness (QED) is 0.266. The zero-order valence-electron chi connectivity index (χ0n) is 15.6. The second kappa shape index (κ2) is 5.36. The molecule has 1 heteroatoms. The van der Waals surface area contributed by atoms with Crippen LogP contribution in [0.3, 0.4) is 0 Å². The summed E-state index contributed by atoms with van der Waals surface area (Å²) in [5.41, 5.74) is 4.37. The molecule has 0 spiro atoms. The molecule has 0 aliphatic heterocycles. The van der Waals surface area contributed by atoms with Crippen LogP contribution >= 0.6 is 0 Å². The van der Waals surface area contributed by atoms with E-state index in [2.05, 4.69) is 84.9 Å². The number of hydrogen-bond acceptors (Lipinski definition) is 1. The van der Waals surface area contributed by atoms with E-state index in [0.29, 0.717) is 0 Å². The number of benzene rings is 6. The summed E-state index contributed by atoms with van der Waals surface area (Å²) in [5, 5.41) is 10.3. The molecular weight excluding hydrogens is 352 g/mol. The van der Waals surface area contributed by atoms with Crippen LogP contribution in [-0.4, -0.2) is 0 Å². The van der Waals surface area contributed by atoms with E-state index in [1.807, 2.05) is 12.1 Å². The first-order valence-electron chi connectivity index (χ1n) is 9.95. The fourth-order valence-electron chi connectivity index (χ4n) is 4.88. The number of hydrogen-bond donors (Lipinski definition) is 0. The maximum absolute atomic E-state index is 6.02. The predicted octanol–water partition coefficient (Wildman–Crippen LogP) is 8.15. The van der Waals surface area contributed by atoms with Gasteiger partial charge in [0.1, 0.15) is 11.2 Å². The number of fused-ring (bicyclic) bond motifs is 3. The average Bonchev–Trinajstić information content (AvgIpc) is 3.15. The summed E-state index contributed by atoms with van der Waals surface area (Å²) >= 11 is 0. The van der Waals surface area contributed by atoms with Crippen LogP contribution in [0.1, 0.15) is 0 Å². The molecular formula is C28H16O. The summed E-state index contributed by atoms with van der Waals surface area (Å²) in [5.74, 6) is 0. The summed E-state index contributed by atoms with van der Waals surface area (Å²) < 4.78 is 6.02. The second-order valence-corrected chi connectivity index (χ2v) is 7.78. The van der Waals surface area contributed by atoms with E-state index in [0.717, 1.165) is 11.2 Å². The van der Waals surface area contributed by atoms with Gasteiger partial charge in [0.2, 0.25) is 0 Å². The molecule has 1 aromatic heterocycles. The first-order chi connectivity index (χ1) is 14.4. The van der Waals surface area contributed by atoms with Crippen LogP contribution in [0.5, 0.6) is 0 Å². The molecule has 6 aromatic carbocycles. The van der Waals surface area contributed by atoms with Crippen molar-refractivity contribution in [3.63, 3.8) is 0 Å². The van der Waals surface area contributed by atoms with E-state index in [1.54, 1.807) is 0 Å². The molecule has 0 saturated carbocycles. The molecule has 0 amide bonds. The van der Waals surface area contributed by atoms with Crippen LogP contribution in [-0.2, 0) is 0 Å². The Morgan fingerprint density at radius 1 is 0.448 bits per heavy atom. The lowest BCUT2D eigenvalue weighted by Crippen LogP contribution is -1.87. The molecule has 0 aliphatic rings. The Hall–Kier alpha value is -3.84. The largest absolute Gasteiger partial charge is 0.456 e. The third-order valence-corrected chi connectivity index (χ3v) is 6.22. The number of furan rings is 1. The van der Waals surface area contributed by atoms with Gasteiger partial charge in [-0.1, -0.05) is 78.9 Å². The zero-order chi connectivity index (χ0) is 18.9. The van der Waals surface area contributed by atoms with Crippen LogP contribution in [0.4, 0.5) is 0 Å². The molecule has 7 rings (SSSR count). The van der Waals surface area contributed by atoms with Gasteiger partial charge in [-0.3, -0.25) is 0 Å². The van der Waals surface area contributed by atoms with Gasteiger partial charge in [-0.25, -0.2) is 0 Å². The van der Waals surface area contributed by atoms with Crippen molar-refractivity contribution in [2.45, 2.75) is 0 Å². The first-order valence-corrected chi connectivity index (χ1v) is 9.95. The lowest BCUT2D eigenvalue weighted by atomic mass is 9.89. The first kappa shape index (κ1) is 15.1. The third kappa shape index (κ3) is 1.99. The molecule has 0 bridgehead atoms. The van der Waals surface area contributed by atoms with E-state index in [-0.39, 0.29) is 0 Å². The van der Waals surface area contributed by atoms with Crippen molar-refractivity contribution in [1.82, 2.24) is 0 Å². The van der Waals surface area contributed by atoms with E-state index in [9.17, 15) is 0 Å². The summed E-state index contributed by atoms with van der Waals surface area (Å²) in [6, 6.07) is 34.9. The van der Waals surface area contributed by atoms with Gasteiger partial charge in [0.15, 0.2) is 0 Å². The fraction of sp³-hybridized carbons (Fsp3) is 0. The van der Waals surface area contributed by atoms with Gasteiger partial charge in [0.05, 0.1) is 0 Å². The molecule has 0 fully saturated rings. The Kier molecular flexibility index (Phi) is 2.80. The molecule has 0 radical (unpaired) electrons. The van der Waals surface area contributed by atoms with Crippen LogP contribution < -0.4 is 0 Å². The maximum Gasteiger partial charge on any atom is 0.135 e. The van der Waals surface area contributed by atoms with E-state index < -0.39 is 0 Å². The Morgan fingerprint density at radius 3 is 2.07 bits per heavy atom. The SMILES string of the molecule is c1cc2ccc3ccc(-c4ccc5oc6ccccc6c5c4)c4ccc(c1)c2c34. The van der Waals surface area contributed by atoms with Gasteiger partial charge in [0.25, 0.3) is 0 Å². The van der Waals surface area contributed by atoms with Crippen LogP contribution in [0.15, 0.2) is 101 Å². The molecule has 0 atom stereocenters. The summed E-state index contributed by atoms with van der Waals surface area (Å²) in [7, 11) is 0. The normalized spacial score (nSPS) is 12.1. The minimum Gasteiger partial charge on any atom is -0.456 e. The average molecular weight is 368 g/mol. The van der Waals surface area contributed by atoms with E-state index in [4.69, 9.17) is 4.42 Å². The smallest absolute Gasteiger partial charge is 0.135 e. The van der Waals surface area contributed by atoms with Crippen molar-refractivity contribution in [3.05, 3.63) is 97.1 Å². The Morgan fingerprint density at radius 2 is 1.17 bits per heavy atom. The van der Waals surface area contributed by atoms with Crippen molar-refractivity contribution >= 4 is 54.3 Å². The lowest BCUT2D eigenvalue weighted by molar-refractivity contribution is 0.669. The Balaban J connectivity index is 1.60. The highest BCUT2D eigenvalue weighted by Gasteiger charge is 2.13. The van der Waals surface area contributed by atoms with Gasteiger partial charge >= 0.3 is 0 Å². The highest BCUT2D eigenvalue weighted by atomic mass is 16.3. The summed E-state index contributed by atoms with van der Waals surface area (Å²) in [6.45, 7) is 0. The highest BCUT2D eigenvalue weighted by molar-refractivity contribution is 6.25. The Bertz CT molecular complexity index is 1680. The van der Waals surface area contributed by atoms with Crippen molar-refractivity contribution < 1.29 is 4.42 Å². The second-order valence-electron chi connectivity index (χ2n) is 7.78. The molecule has 0 aliphatic carbocycles. The van der Waals surface area contributed by atoms with Gasteiger partial charge in [-0.05, 0) is 61.6 Å². The van der Waals surface area contributed by atoms with Gasteiger partial charge < -0.3 is 4.42 Å². The molecule has 0 saturated heterocycles. The predicted molar refractivity (Wildman–Crippen MR) is 123 cm³/mol. The minimum atomic E-state index is 0.938. The molecule has 1 nitrogen and oxygen atoms in total. The standard InChI is InChI=1S/C28H16O/c1-2-7-25-22(6-1)24-16-20(12-15-26(24)29-25)21-13-10-19-9-8-17-4-3-5-18-11-14-23(21)28(19)27(17)18/h1-16H. The molecule has 0 unspecified atom stereocenters. The van der Waals surface area contributed by atoms with Crippen LogP contribution in [0, 0.1) is 0 Å². The minimum absolute atomic E-state index is 0.938. The molecule has 7 aromatic rings. The summed E-state index contributed by atoms with van der Waals surface area (Å²) in [6.07, 6.45) is 0.